The van der Waals surface area contributed by atoms with E-state index in [4.69, 9.17) is 9.47 Å². The Bertz CT molecular complexity index is 652. The number of methoxy groups -OCH3 is 1. The second-order valence-corrected chi connectivity index (χ2v) is 5.56. The number of ether oxygens (including phenoxy) is 2. The number of benzene rings is 2. The van der Waals surface area contributed by atoms with Crippen molar-refractivity contribution in [2.24, 2.45) is 0 Å². The fourth-order valence-electron chi connectivity index (χ4n) is 2.81. The predicted molar refractivity (Wildman–Crippen MR) is 85.4 cm³/mol. The van der Waals surface area contributed by atoms with Crippen molar-refractivity contribution in [1.29, 1.82) is 0 Å². The number of aryl methyl sites for hydroxylation is 2. The molecule has 21 heavy (non-hydrogen) atoms. The molecule has 0 spiro atoms. The van der Waals surface area contributed by atoms with Gasteiger partial charge in [0.2, 0.25) is 0 Å². The smallest absolute Gasteiger partial charge is 0.124 e. The molecule has 0 amide bonds. The maximum Gasteiger partial charge on any atom is 0.124 e. The average molecular weight is 283 g/mol. The van der Waals surface area contributed by atoms with Crippen LogP contribution in [0.5, 0.6) is 11.5 Å². The zero-order chi connectivity index (χ0) is 14.8. The van der Waals surface area contributed by atoms with Gasteiger partial charge in [-0.1, -0.05) is 17.7 Å². The van der Waals surface area contributed by atoms with E-state index in [-0.39, 0.29) is 6.04 Å². The van der Waals surface area contributed by atoms with E-state index < -0.39 is 0 Å². The van der Waals surface area contributed by atoms with Gasteiger partial charge >= 0.3 is 0 Å². The average Bonchev–Trinajstić information content (AvgIpc) is 2.50. The highest BCUT2D eigenvalue weighted by atomic mass is 16.5. The first-order valence-corrected chi connectivity index (χ1v) is 7.32. The highest BCUT2D eigenvalue weighted by Gasteiger charge is 2.22. The summed E-state index contributed by atoms with van der Waals surface area (Å²) in [4.78, 5) is 0. The maximum atomic E-state index is 5.74. The van der Waals surface area contributed by atoms with E-state index >= 15 is 0 Å². The Morgan fingerprint density at radius 3 is 2.76 bits per heavy atom. The second kappa shape index (κ2) is 5.68. The van der Waals surface area contributed by atoms with Crippen molar-refractivity contribution in [2.45, 2.75) is 26.3 Å². The molecule has 1 N–H and O–H groups in total. The highest BCUT2D eigenvalue weighted by molar-refractivity contribution is 5.55. The summed E-state index contributed by atoms with van der Waals surface area (Å²) in [6.07, 6.45) is 0.952. The molecule has 110 valence electrons. The van der Waals surface area contributed by atoms with Crippen LogP contribution in [0.1, 0.15) is 29.2 Å². The van der Waals surface area contributed by atoms with E-state index in [0.29, 0.717) is 0 Å². The van der Waals surface area contributed by atoms with Gasteiger partial charge in [-0.2, -0.15) is 0 Å². The Hall–Kier alpha value is -2.16. The molecule has 0 aliphatic carbocycles. The number of hydrogen-bond acceptors (Lipinski definition) is 3. The number of rotatable bonds is 3. The van der Waals surface area contributed by atoms with Crippen molar-refractivity contribution in [3.63, 3.8) is 0 Å². The van der Waals surface area contributed by atoms with Gasteiger partial charge in [0.1, 0.15) is 11.5 Å². The summed E-state index contributed by atoms with van der Waals surface area (Å²) >= 11 is 0. The lowest BCUT2D eigenvalue weighted by Gasteiger charge is -2.28. The second-order valence-electron chi connectivity index (χ2n) is 5.56. The number of anilines is 1. The summed E-state index contributed by atoms with van der Waals surface area (Å²) in [5.41, 5.74) is 4.90. The molecule has 1 aliphatic rings. The van der Waals surface area contributed by atoms with Crippen LogP contribution in [0.25, 0.3) is 0 Å². The molecule has 0 radical (unpaired) electrons. The zero-order valence-electron chi connectivity index (χ0n) is 12.8. The fourth-order valence-corrected chi connectivity index (χ4v) is 2.81. The molecule has 0 aromatic heterocycles. The van der Waals surface area contributed by atoms with E-state index in [1.165, 1.54) is 22.4 Å². The van der Waals surface area contributed by atoms with Gasteiger partial charge in [-0.15, -0.1) is 0 Å². The van der Waals surface area contributed by atoms with Gasteiger partial charge < -0.3 is 14.8 Å². The Morgan fingerprint density at radius 1 is 1.14 bits per heavy atom. The lowest BCUT2D eigenvalue weighted by atomic mass is 9.99. The minimum atomic E-state index is 0.255. The van der Waals surface area contributed by atoms with Crippen LogP contribution in [0, 0.1) is 13.8 Å². The molecule has 3 nitrogen and oxygen atoms in total. The van der Waals surface area contributed by atoms with Gasteiger partial charge in [-0.05, 0) is 43.7 Å². The molecule has 1 heterocycles. The third kappa shape index (κ3) is 2.82. The Balaban J connectivity index is 1.90. The summed E-state index contributed by atoms with van der Waals surface area (Å²) in [5, 5.41) is 3.65. The van der Waals surface area contributed by atoms with Crippen LogP contribution < -0.4 is 14.8 Å². The Morgan fingerprint density at radius 2 is 2.00 bits per heavy atom. The monoisotopic (exact) mass is 283 g/mol. The van der Waals surface area contributed by atoms with Gasteiger partial charge in [-0.25, -0.2) is 0 Å². The third-order valence-corrected chi connectivity index (χ3v) is 3.97. The van der Waals surface area contributed by atoms with Gasteiger partial charge in [-0.3, -0.25) is 0 Å². The number of hydrogen-bond donors (Lipinski definition) is 1. The molecular formula is C18H21NO2. The lowest BCUT2D eigenvalue weighted by Crippen LogP contribution is -2.20. The van der Waals surface area contributed by atoms with Crippen molar-refractivity contribution >= 4 is 5.69 Å². The third-order valence-electron chi connectivity index (χ3n) is 3.97. The van der Waals surface area contributed by atoms with Crippen LogP contribution in [-0.4, -0.2) is 13.7 Å². The molecule has 0 saturated carbocycles. The highest BCUT2D eigenvalue weighted by Crippen LogP contribution is 2.37. The minimum Gasteiger partial charge on any atom is -0.497 e. The molecule has 1 atom stereocenters. The minimum absolute atomic E-state index is 0.255. The summed E-state index contributed by atoms with van der Waals surface area (Å²) in [7, 11) is 1.69. The van der Waals surface area contributed by atoms with E-state index in [2.05, 4.69) is 43.4 Å². The molecule has 2 aromatic carbocycles. The van der Waals surface area contributed by atoms with Crippen LogP contribution in [0.15, 0.2) is 36.4 Å². The van der Waals surface area contributed by atoms with Gasteiger partial charge in [0, 0.05) is 17.7 Å². The topological polar surface area (TPSA) is 30.5 Å². The van der Waals surface area contributed by atoms with E-state index in [9.17, 15) is 0 Å². The number of nitrogens with one attached hydrogen (secondary N) is 1. The SMILES string of the molecule is COc1ccc2c(c1)C(Nc1ccc(C)cc1C)CCO2. The standard InChI is InChI=1S/C18H21NO2/c1-12-4-6-16(13(2)10-12)19-17-8-9-21-18-7-5-14(20-3)11-15(17)18/h4-7,10-11,17,19H,8-9H2,1-3H3. The van der Waals surface area contributed by atoms with Crippen molar-refractivity contribution in [3.8, 4) is 11.5 Å². The Kier molecular flexibility index (Phi) is 3.74. The fraction of sp³-hybridized carbons (Fsp3) is 0.333. The molecule has 1 unspecified atom stereocenters. The molecule has 3 rings (SSSR count). The van der Waals surface area contributed by atoms with Crippen molar-refractivity contribution in [1.82, 2.24) is 0 Å². The summed E-state index contributed by atoms with van der Waals surface area (Å²) in [6.45, 7) is 4.99. The van der Waals surface area contributed by atoms with Crippen LogP contribution in [0.3, 0.4) is 0 Å². The molecule has 0 fully saturated rings. The van der Waals surface area contributed by atoms with Gasteiger partial charge in [0.15, 0.2) is 0 Å². The van der Waals surface area contributed by atoms with Crippen LogP contribution in [-0.2, 0) is 0 Å². The van der Waals surface area contributed by atoms with E-state index in [1.807, 2.05) is 12.1 Å². The maximum absolute atomic E-state index is 5.74. The summed E-state index contributed by atoms with van der Waals surface area (Å²) in [6, 6.07) is 12.7. The molecule has 1 aliphatic heterocycles. The molecule has 0 saturated heterocycles. The largest absolute Gasteiger partial charge is 0.497 e. The van der Waals surface area contributed by atoms with E-state index in [0.717, 1.165) is 24.5 Å². The first-order valence-electron chi connectivity index (χ1n) is 7.32. The van der Waals surface area contributed by atoms with Crippen molar-refractivity contribution in [2.75, 3.05) is 19.0 Å². The molecule has 0 bridgehead atoms. The first-order chi connectivity index (χ1) is 10.2. The zero-order valence-corrected chi connectivity index (χ0v) is 12.8. The lowest BCUT2D eigenvalue weighted by molar-refractivity contribution is 0.273. The van der Waals surface area contributed by atoms with Gasteiger partial charge in [0.05, 0.1) is 19.8 Å². The summed E-state index contributed by atoms with van der Waals surface area (Å²) < 4.78 is 11.1. The van der Waals surface area contributed by atoms with E-state index in [1.54, 1.807) is 7.11 Å². The predicted octanol–water partition coefficient (Wildman–Crippen LogP) is 4.25. The Labute approximate surface area is 125 Å². The molecular weight excluding hydrogens is 262 g/mol. The van der Waals surface area contributed by atoms with Gasteiger partial charge in [0.25, 0.3) is 0 Å². The quantitative estimate of drug-likeness (QED) is 0.913. The van der Waals surface area contributed by atoms with Crippen molar-refractivity contribution < 1.29 is 9.47 Å². The van der Waals surface area contributed by atoms with Crippen molar-refractivity contribution in [3.05, 3.63) is 53.1 Å². The summed E-state index contributed by atoms with van der Waals surface area (Å²) in [5.74, 6) is 1.82. The van der Waals surface area contributed by atoms with Crippen LogP contribution in [0.2, 0.25) is 0 Å². The normalized spacial score (nSPS) is 16.8. The molecule has 3 heteroatoms. The van der Waals surface area contributed by atoms with Crippen LogP contribution >= 0.6 is 0 Å². The number of fused-ring (bicyclic) bond motifs is 1. The van der Waals surface area contributed by atoms with Crippen LogP contribution in [0.4, 0.5) is 5.69 Å². The first kappa shape index (κ1) is 13.8. The molecule has 2 aromatic rings.